The van der Waals surface area contributed by atoms with Crippen molar-refractivity contribution in [3.8, 4) is 0 Å². The predicted molar refractivity (Wildman–Crippen MR) is 103 cm³/mol. The van der Waals surface area contributed by atoms with Crippen LogP contribution in [0.2, 0.25) is 0 Å². The number of ether oxygens (including phenoxy) is 1. The molecular weight excluding hydrogens is 473 g/mol. The summed E-state index contributed by atoms with van der Waals surface area (Å²) in [5.41, 5.74) is 1.33. The Morgan fingerprint density at radius 3 is 2.74 bits per heavy atom. The second kappa shape index (κ2) is 7.65. The van der Waals surface area contributed by atoms with Crippen molar-refractivity contribution in [1.82, 2.24) is 13.4 Å². The number of aromatic nitrogens is 1. The molecule has 7 heteroatoms. The van der Waals surface area contributed by atoms with Gasteiger partial charge in [0.1, 0.15) is 5.60 Å². The van der Waals surface area contributed by atoms with E-state index in [9.17, 15) is 4.79 Å². The highest BCUT2D eigenvalue weighted by atomic mass is 127. The molecule has 0 spiro atoms. The fourth-order valence-corrected chi connectivity index (χ4v) is 4.15. The third-order valence-corrected chi connectivity index (χ3v) is 5.27. The van der Waals surface area contributed by atoms with Gasteiger partial charge in [0.25, 0.3) is 0 Å². The summed E-state index contributed by atoms with van der Waals surface area (Å²) in [6, 6.07) is 5.81. The highest BCUT2D eigenvalue weighted by Crippen LogP contribution is 2.37. The van der Waals surface area contributed by atoms with Gasteiger partial charge in [-0.15, -0.1) is 0 Å². The maximum atomic E-state index is 12.5. The molecule has 3 atom stereocenters. The third-order valence-electron chi connectivity index (χ3n) is 3.58. The summed E-state index contributed by atoms with van der Waals surface area (Å²) in [6.45, 7) is 8.42. The van der Waals surface area contributed by atoms with E-state index in [1.54, 1.807) is 3.11 Å². The number of carbonyl (C=O) groups excluding carboxylic acids is 1. The maximum Gasteiger partial charge on any atom is 0.419 e. The fourth-order valence-electron chi connectivity index (χ4n) is 2.64. The van der Waals surface area contributed by atoms with Crippen molar-refractivity contribution in [3.63, 3.8) is 0 Å². The van der Waals surface area contributed by atoms with Crippen LogP contribution in [0.3, 0.4) is 0 Å². The molecule has 2 heterocycles. The minimum atomic E-state index is -0.517. The van der Waals surface area contributed by atoms with Crippen LogP contribution in [0, 0.1) is 12.8 Å². The lowest BCUT2D eigenvalue weighted by molar-refractivity contribution is 0.0351. The van der Waals surface area contributed by atoms with Crippen molar-refractivity contribution < 1.29 is 9.53 Å². The molecule has 0 aromatic carbocycles. The van der Waals surface area contributed by atoms with Gasteiger partial charge in [0, 0.05) is 18.2 Å². The first kappa shape index (κ1) is 18.9. The second-order valence-corrected chi connectivity index (χ2v) is 8.96. The van der Waals surface area contributed by atoms with Gasteiger partial charge in [0.2, 0.25) is 0 Å². The molecule has 1 N–H and O–H groups in total. The van der Waals surface area contributed by atoms with Gasteiger partial charge in [-0.2, -0.15) is 0 Å². The van der Waals surface area contributed by atoms with Crippen LogP contribution in [0.25, 0.3) is 0 Å². The molecule has 0 aliphatic carbocycles. The zero-order chi connectivity index (χ0) is 17.2. The maximum absolute atomic E-state index is 12.5. The molecule has 1 amide bonds. The Kier molecular flexibility index (Phi) is 6.29. The standard InChI is InChI=1S/C16H23BrIN3O2/c1-10-6-5-7-12(20-10)14(11-8-13(17)19-9-11)21(18)15(22)23-16(2,3)4/h5-7,11,13-14,19H,8-9H2,1-4H3. The van der Waals surface area contributed by atoms with Crippen LogP contribution in [0.1, 0.15) is 44.6 Å². The Bertz CT molecular complexity index is 565. The number of alkyl halides is 1. The first-order valence-corrected chi connectivity index (χ1v) is 9.54. The topological polar surface area (TPSA) is 54.5 Å². The van der Waals surface area contributed by atoms with Gasteiger partial charge in [-0.25, -0.2) is 7.91 Å². The number of rotatable bonds is 3. The molecule has 5 nitrogen and oxygen atoms in total. The minimum Gasteiger partial charge on any atom is -0.443 e. The summed E-state index contributed by atoms with van der Waals surface area (Å²) in [5, 5.41) is 3.38. The molecule has 1 aromatic rings. The van der Waals surface area contributed by atoms with Gasteiger partial charge < -0.3 is 10.1 Å². The van der Waals surface area contributed by atoms with E-state index in [0.717, 1.165) is 24.4 Å². The van der Waals surface area contributed by atoms with E-state index < -0.39 is 5.60 Å². The molecule has 1 aromatic heterocycles. The number of pyridine rings is 1. The number of nitrogens with one attached hydrogen (secondary N) is 1. The highest BCUT2D eigenvalue weighted by Gasteiger charge is 2.38. The largest absolute Gasteiger partial charge is 0.443 e. The van der Waals surface area contributed by atoms with Gasteiger partial charge in [0.05, 0.1) is 39.6 Å². The van der Waals surface area contributed by atoms with Crippen LogP contribution >= 0.6 is 38.8 Å². The van der Waals surface area contributed by atoms with Crippen molar-refractivity contribution in [2.45, 2.75) is 50.7 Å². The molecule has 1 aliphatic heterocycles. The van der Waals surface area contributed by atoms with Crippen molar-refractivity contribution >= 4 is 44.9 Å². The molecule has 128 valence electrons. The molecule has 0 saturated carbocycles. The summed E-state index contributed by atoms with van der Waals surface area (Å²) in [7, 11) is 0. The van der Waals surface area contributed by atoms with Crippen molar-refractivity contribution in [1.29, 1.82) is 0 Å². The highest BCUT2D eigenvalue weighted by molar-refractivity contribution is 14.1. The molecule has 0 bridgehead atoms. The molecule has 1 fully saturated rings. The molecular formula is C16H23BrIN3O2. The van der Waals surface area contributed by atoms with Crippen LogP contribution in [0.15, 0.2) is 18.2 Å². The SMILES string of the molecule is Cc1cccc(C(C2CNC(Br)C2)N(I)C(=O)OC(C)(C)C)n1. The van der Waals surface area contributed by atoms with Crippen molar-refractivity contribution in [2.24, 2.45) is 5.92 Å². The smallest absolute Gasteiger partial charge is 0.419 e. The van der Waals surface area contributed by atoms with Crippen LogP contribution in [0.5, 0.6) is 0 Å². The Labute approximate surface area is 160 Å². The number of carbonyl (C=O) groups is 1. The molecule has 23 heavy (non-hydrogen) atoms. The van der Waals surface area contributed by atoms with Crippen molar-refractivity contribution in [3.05, 3.63) is 29.6 Å². The minimum absolute atomic E-state index is 0.125. The summed E-state index contributed by atoms with van der Waals surface area (Å²) >= 11 is 5.66. The van der Waals surface area contributed by atoms with Crippen LogP contribution in [0.4, 0.5) is 4.79 Å². The van der Waals surface area contributed by atoms with E-state index in [-0.39, 0.29) is 23.0 Å². The van der Waals surface area contributed by atoms with E-state index in [1.807, 2.05) is 45.9 Å². The summed E-state index contributed by atoms with van der Waals surface area (Å²) in [6.07, 6.45) is 0.604. The number of halogens is 2. The van der Waals surface area contributed by atoms with Gasteiger partial charge >= 0.3 is 6.09 Å². The normalized spacial score (nSPS) is 22.7. The average Bonchev–Trinajstić information content (AvgIpc) is 2.83. The number of hydrogen-bond donors (Lipinski definition) is 1. The second-order valence-electron chi connectivity index (χ2n) is 6.81. The van der Waals surface area contributed by atoms with E-state index in [1.165, 1.54) is 0 Å². The summed E-state index contributed by atoms with van der Waals surface area (Å²) in [4.78, 5) is 17.4. The number of aryl methyl sites for hydroxylation is 1. The Morgan fingerprint density at radius 1 is 1.52 bits per heavy atom. The van der Waals surface area contributed by atoms with E-state index in [2.05, 4.69) is 49.1 Å². The Hall–Kier alpha value is -0.410. The monoisotopic (exact) mass is 495 g/mol. The fraction of sp³-hybridized carbons (Fsp3) is 0.625. The van der Waals surface area contributed by atoms with Gasteiger partial charge in [-0.3, -0.25) is 4.98 Å². The van der Waals surface area contributed by atoms with Gasteiger partial charge in [-0.05, 0) is 46.2 Å². The lowest BCUT2D eigenvalue weighted by Crippen LogP contribution is -2.37. The molecule has 3 unspecified atom stereocenters. The lowest BCUT2D eigenvalue weighted by Gasteiger charge is -2.32. The molecule has 1 aliphatic rings. The first-order valence-electron chi connectivity index (χ1n) is 7.66. The van der Waals surface area contributed by atoms with E-state index in [0.29, 0.717) is 0 Å². The van der Waals surface area contributed by atoms with Crippen molar-refractivity contribution in [2.75, 3.05) is 6.54 Å². The zero-order valence-corrected chi connectivity index (χ0v) is 17.6. The molecule has 1 saturated heterocycles. The van der Waals surface area contributed by atoms with Crippen LogP contribution in [-0.4, -0.2) is 31.3 Å². The zero-order valence-electron chi connectivity index (χ0n) is 13.8. The van der Waals surface area contributed by atoms with Crippen LogP contribution in [-0.2, 0) is 4.74 Å². The lowest BCUT2D eigenvalue weighted by atomic mass is 9.95. The Morgan fingerprint density at radius 2 is 2.22 bits per heavy atom. The quantitative estimate of drug-likeness (QED) is 0.293. The number of nitrogens with zero attached hydrogens (tertiary/aromatic N) is 2. The predicted octanol–water partition coefficient (Wildman–Crippen LogP) is 4.35. The van der Waals surface area contributed by atoms with Gasteiger partial charge in [-0.1, -0.05) is 22.0 Å². The number of amides is 1. The average molecular weight is 496 g/mol. The van der Waals surface area contributed by atoms with E-state index >= 15 is 0 Å². The summed E-state index contributed by atoms with van der Waals surface area (Å²) in [5.74, 6) is 0.276. The number of hydrogen-bond acceptors (Lipinski definition) is 4. The molecule has 0 radical (unpaired) electrons. The molecule has 2 rings (SSSR count). The third kappa shape index (κ3) is 5.29. The Balaban J connectivity index is 2.28. The van der Waals surface area contributed by atoms with E-state index in [4.69, 9.17) is 4.74 Å². The first-order chi connectivity index (χ1) is 10.7. The van der Waals surface area contributed by atoms with Gasteiger partial charge in [0.15, 0.2) is 0 Å². The summed E-state index contributed by atoms with van der Waals surface area (Å²) < 4.78 is 7.19. The van der Waals surface area contributed by atoms with Crippen LogP contribution < -0.4 is 5.32 Å².